The topological polar surface area (TPSA) is 67.8 Å². The van der Waals surface area contributed by atoms with Crippen molar-refractivity contribution in [2.24, 2.45) is 5.92 Å². The fourth-order valence-corrected chi connectivity index (χ4v) is 4.58. The number of benzene rings is 1. The van der Waals surface area contributed by atoms with Gasteiger partial charge in [0, 0.05) is 40.9 Å². The molecule has 0 spiro atoms. The largest absolute Gasteiger partial charge is 0.459 e. The Morgan fingerprint density at radius 1 is 1.31 bits per heavy atom. The molecule has 2 aromatic rings. The fourth-order valence-electron chi connectivity index (χ4n) is 3.45. The zero-order valence-corrected chi connectivity index (χ0v) is 18.7. The molecule has 1 aromatic carbocycles. The van der Waals surface area contributed by atoms with Gasteiger partial charge in [0.25, 0.3) is 5.91 Å². The van der Waals surface area contributed by atoms with Gasteiger partial charge in [0.2, 0.25) is 6.29 Å². The second-order valence-corrected chi connectivity index (χ2v) is 8.75. The van der Waals surface area contributed by atoms with Crippen LogP contribution in [0, 0.1) is 5.92 Å². The van der Waals surface area contributed by atoms with Gasteiger partial charge >= 0.3 is 0 Å². The van der Waals surface area contributed by atoms with Crippen LogP contribution in [0.3, 0.4) is 0 Å². The number of hydrogen-bond acceptors (Lipinski definition) is 5. The Kier molecular flexibility index (Phi) is 8.29. The van der Waals surface area contributed by atoms with Gasteiger partial charge in [0.05, 0.1) is 0 Å². The van der Waals surface area contributed by atoms with Crippen LogP contribution in [0.2, 0.25) is 0 Å². The van der Waals surface area contributed by atoms with Crippen LogP contribution >= 0.6 is 27.3 Å². The van der Waals surface area contributed by atoms with Crippen LogP contribution in [0.25, 0.3) is 0 Å². The van der Waals surface area contributed by atoms with Crippen molar-refractivity contribution in [2.75, 3.05) is 13.2 Å². The third kappa shape index (κ3) is 5.92. The van der Waals surface area contributed by atoms with Crippen LogP contribution in [0.4, 0.5) is 0 Å². The number of halogens is 1. The SMILES string of the molecule is CCO[C@H]1OC(C(=O)NCc2ccc(Br)cc2)=C[C@@H](c2cccs2)[C@H]1CCCO. The van der Waals surface area contributed by atoms with Crippen LogP contribution < -0.4 is 5.32 Å². The summed E-state index contributed by atoms with van der Waals surface area (Å²) in [6.45, 7) is 2.95. The average molecular weight is 480 g/mol. The van der Waals surface area contributed by atoms with E-state index in [4.69, 9.17) is 9.47 Å². The highest BCUT2D eigenvalue weighted by atomic mass is 79.9. The van der Waals surface area contributed by atoms with E-state index in [1.807, 2.05) is 48.7 Å². The maximum Gasteiger partial charge on any atom is 0.286 e. The van der Waals surface area contributed by atoms with E-state index in [-0.39, 0.29) is 24.3 Å². The lowest BCUT2D eigenvalue weighted by atomic mass is 9.84. The van der Waals surface area contributed by atoms with Gasteiger partial charge in [0.15, 0.2) is 5.76 Å². The van der Waals surface area contributed by atoms with Gasteiger partial charge in [0.1, 0.15) is 0 Å². The number of hydrogen-bond donors (Lipinski definition) is 2. The molecule has 2 N–H and O–H groups in total. The van der Waals surface area contributed by atoms with Crippen molar-refractivity contribution in [3.8, 4) is 0 Å². The Morgan fingerprint density at radius 2 is 2.10 bits per heavy atom. The molecule has 0 unspecified atom stereocenters. The van der Waals surface area contributed by atoms with Crippen molar-refractivity contribution in [3.63, 3.8) is 0 Å². The molecule has 1 aliphatic heterocycles. The minimum absolute atomic E-state index is 0.0141. The van der Waals surface area contributed by atoms with E-state index in [1.165, 1.54) is 4.88 Å². The van der Waals surface area contributed by atoms with E-state index in [0.717, 1.165) is 16.5 Å². The average Bonchev–Trinajstić information content (AvgIpc) is 3.26. The summed E-state index contributed by atoms with van der Waals surface area (Å²) in [7, 11) is 0. The summed E-state index contributed by atoms with van der Waals surface area (Å²) >= 11 is 5.07. The highest BCUT2D eigenvalue weighted by Gasteiger charge is 2.38. The number of allylic oxidation sites excluding steroid dienone is 1. The van der Waals surface area contributed by atoms with Gasteiger partial charge in [-0.2, -0.15) is 0 Å². The second kappa shape index (κ2) is 10.9. The summed E-state index contributed by atoms with van der Waals surface area (Å²) in [5.74, 6) is 0.100. The maximum absolute atomic E-state index is 12.8. The molecule has 7 heteroatoms. The Morgan fingerprint density at radius 3 is 2.76 bits per heavy atom. The molecule has 0 fully saturated rings. The van der Waals surface area contributed by atoms with Crippen LogP contribution in [-0.2, 0) is 20.8 Å². The molecule has 2 heterocycles. The van der Waals surface area contributed by atoms with Gasteiger partial charge in [-0.1, -0.05) is 34.1 Å². The van der Waals surface area contributed by atoms with Crippen molar-refractivity contribution in [3.05, 3.63) is 68.5 Å². The summed E-state index contributed by atoms with van der Waals surface area (Å²) in [6.07, 6.45) is 2.81. The highest BCUT2D eigenvalue weighted by Crippen LogP contribution is 2.40. The minimum atomic E-state index is -0.517. The van der Waals surface area contributed by atoms with Crippen molar-refractivity contribution >= 4 is 33.2 Å². The Bertz CT molecular complexity index is 807. The number of ether oxygens (including phenoxy) is 2. The third-order valence-corrected chi connectivity index (χ3v) is 6.38. The zero-order valence-electron chi connectivity index (χ0n) is 16.3. The Hall–Kier alpha value is -1.67. The number of amides is 1. The molecule has 0 radical (unpaired) electrons. The van der Waals surface area contributed by atoms with Gasteiger partial charge in [-0.25, -0.2) is 0 Å². The summed E-state index contributed by atoms with van der Waals surface area (Å²) in [6, 6.07) is 11.9. The molecule has 5 nitrogen and oxygen atoms in total. The van der Waals surface area contributed by atoms with Crippen LogP contribution in [-0.4, -0.2) is 30.5 Å². The lowest BCUT2D eigenvalue weighted by molar-refractivity contribution is -0.166. The first-order valence-corrected chi connectivity index (χ1v) is 11.5. The van der Waals surface area contributed by atoms with Crippen molar-refractivity contribution < 1.29 is 19.4 Å². The van der Waals surface area contributed by atoms with E-state index >= 15 is 0 Å². The van der Waals surface area contributed by atoms with E-state index < -0.39 is 6.29 Å². The molecular weight excluding hydrogens is 454 g/mol. The number of carbonyl (C=O) groups excluding carboxylic acids is 1. The van der Waals surface area contributed by atoms with Crippen LogP contribution in [0.5, 0.6) is 0 Å². The molecular formula is C22H26BrNO4S. The molecule has 0 saturated heterocycles. The van der Waals surface area contributed by atoms with E-state index in [1.54, 1.807) is 11.3 Å². The summed E-state index contributed by atoms with van der Waals surface area (Å²) in [5, 5.41) is 14.3. The van der Waals surface area contributed by atoms with E-state index in [9.17, 15) is 9.90 Å². The molecule has 0 aliphatic carbocycles. The lowest BCUT2D eigenvalue weighted by Crippen LogP contribution is -2.38. The first kappa shape index (κ1) is 22.0. The van der Waals surface area contributed by atoms with Gasteiger partial charge in [-0.3, -0.25) is 4.79 Å². The second-order valence-electron chi connectivity index (χ2n) is 6.85. The summed E-state index contributed by atoms with van der Waals surface area (Å²) in [4.78, 5) is 14.0. The quantitative estimate of drug-likeness (QED) is 0.552. The molecule has 0 bridgehead atoms. The number of carbonyl (C=O) groups is 1. The lowest BCUT2D eigenvalue weighted by Gasteiger charge is -2.36. The standard InChI is InChI=1S/C22H26BrNO4S/c1-2-27-22-17(5-3-11-25)18(20-6-4-12-29-20)13-19(28-22)21(26)24-14-15-7-9-16(23)10-8-15/h4,6-10,12-13,17-18,22,25H,2-3,5,11,14H2,1H3,(H,24,26)/t17-,18-,22+/m1/s1. The van der Waals surface area contributed by atoms with Gasteiger partial charge in [-0.05, 0) is 55.0 Å². The minimum Gasteiger partial charge on any atom is -0.459 e. The molecule has 0 saturated carbocycles. The smallest absolute Gasteiger partial charge is 0.286 e. The van der Waals surface area contributed by atoms with Gasteiger partial charge < -0.3 is 19.9 Å². The van der Waals surface area contributed by atoms with E-state index in [2.05, 4.69) is 27.3 Å². The normalized spacial score (nSPS) is 21.3. The number of rotatable bonds is 9. The molecule has 1 aromatic heterocycles. The predicted octanol–water partition coefficient (Wildman–Crippen LogP) is 4.58. The summed E-state index contributed by atoms with van der Waals surface area (Å²) < 4.78 is 12.8. The van der Waals surface area contributed by atoms with E-state index in [0.29, 0.717) is 25.3 Å². The zero-order chi connectivity index (χ0) is 20.6. The fraction of sp³-hybridized carbons (Fsp3) is 0.409. The molecule has 156 valence electrons. The van der Waals surface area contributed by atoms with Crippen molar-refractivity contribution in [1.29, 1.82) is 0 Å². The number of aliphatic hydroxyl groups is 1. The monoisotopic (exact) mass is 479 g/mol. The number of aliphatic hydroxyl groups excluding tert-OH is 1. The molecule has 1 aliphatic rings. The number of thiophene rings is 1. The molecule has 3 rings (SSSR count). The number of nitrogens with one attached hydrogen (secondary N) is 1. The third-order valence-electron chi connectivity index (χ3n) is 4.87. The maximum atomic E-state index is 12.8. The van der Waals surface area contributed by atoms with Crippen LogP contribution in [0.1, 0.15) is 36.1 Å². The molecule has 29 heavy (non-hydrogen) atoms. The predicted molar refractivity (Wildman–Crippen MR) is 117 cm³/mol. The molecule has 1 amide bonds. The van der Waals surface area contributed by atoms with Crippen LogP contribution in [0.15, 0.2) is 58.1 Å². The Labute approximate surface area is 183 Å². The first-order chi connectivity index (χ1) is 14.1. The van der Waals surface area contributed by atoms with Crippen molar-refractivity contribution in [1.82, 2.24) is 5.32 Å². The molecule has 3 atom stereocenters. The van der Waals surface area contributed by atoms with Gasteiger partial charge in [-0.15, -0.1) is 11.3 Å². The first-order valence-electron chi connectivity index (χ1n) is 9.79. The summed E-state index contributed by atoms with van der Waals surface area (Å²) in [5.41, 5.74) is 1.01. The Balaban J connectivity index is 1.78. The highest BCUT2D eigenvalue weighted by molar-refractivity contribution is 9.10. The van der Waals surface area contributed by atoms with Crippen molar-refractivity contribution in [2.45, 2.75) is 38.5 Å².